The molecular weight excluding hydrogens is 262 g/mol. The molecule has 3 rings (SSSR count). The maximum absolute atomic E-state index is 5.71. The fraction of sp³-hybridized carbons (Fsp3) is 0.667. The molecule has 0 amide bonds. The minimum atomic E-state index is 0.201. The Morgan fingerprint density at radius 3 is 2.52 bits per heavy atom. The number of benzene rings is 1. The van der Waals surface area contributed by atoms with Crippen LogP contribution in [0, 0.1) is 0 Å². The van der Waals surface area contributed by atoms with Gasteiger partial charge >= 0.3 is 0 Å². The molecule has 3 heteroatoms. The number of rotatable bonds is 2. The van der Waals surface area contributed by atoms with E-state index in [2.05, 4.69) is 37.8 Å². The second kappa shape index (κ2) is 6.07. The topological polar surface area (TPSA) is 21.7 Å². The monoisotopic (exact) mass is 289 g/mol. The Morgan fingerprint density at radius 1 is 1.05 bits per heavy atom. The largest absolute Gasteiger partial charge is 0.379 e. The van der Waals surface area contributed by atoms with Crippen molar-refractivity contribution >= 4 is 0 Å². The zero-order valence-corrected chi connectivity index (χ0v) is 13.6. The van der Waals surface area contributed by atoms with E-state index < -0.39 is 0 Å². The quantitative estimate of drug-likeness (QED) is 0.835. The number of fused-ring (bicyclic) bond motifs is 1. The predicted molar refractivity (Wildman–Crippen MR) is 84.6 cm³/mol. The number of hydrogen-bond acceptors (Lipinski definition) is 3. The van der Waals surface area contributed by atoms with E-state index in [-0.39, 0.29) is 5.41 Å². The minimum absolute atomic E-state index is 0.201. The Kier molecular flexibility index (Phi) is 4.34. The van der Waals surface area contributed by atoms with Crippen LogP contribution in [0.25, 0.3) is 0 Å². The summed E-state index contributed by atoms with van der Waals surface area (Å²) < 4.78 is 11.2. The lowest BCUT2D eigenvalue weighted by Gasteiger charge is -2.31. The van der Waals surface area contributed by atoms with E-state index in [4.69, 9.17) is 9.47 Å². The zero-order chi connectivity index (χ0) is 14.9. The van der Waals surface area contributed by atoms with Crippen molar-refractivity contribution in [2.45, 2.75) is 45.8 Å². The van der Waals surface area contributed by atoms with Gasteiger partial charge in [-0.25, -0.2) is 0 Å². The Bertz CT molecular complexity index is 499. The smallest absolute Gasteiger partial charge is 0.0722 e. The Labute approximate surface area is 128 Å². The minimum Gasteiger partial charge on any atom is -0.379 e. The first-order valence-electron chi connectivity index (χ1n) is 8.07. The van der Waals surface area contributed by atoms with Crippen LogP contribution in [-0.2, 0) is 34.5 Å². The number of hydrogen-bond donors (Lipinski definition) is 0. The van der Waals surface area contributed by atoms with Gasteiger partial charge in [-0.2, -0.15) is 0 Å². The van der Waals surface area contributed by atoms with Crippen LogP contribution in [0.2, 0.25) is 0 Å². The summed E-state index contributed by atoms with van der Waals surface area (Å²) in [4.78, 5) is 2.50. The van der Waals surface area contributed by atoms with E-state index in [1.165, 1.54) is 22.3 Å². The highest BCUT2D eigenvalue weighted by atomic mass is 16.5. The molecule has 1 aromatic rings. The van der Waals surface area contributed by atoms with Crippen molar-refractivity contribution < 1.29 is 9.47 Å². The summed E-state index contributed by atoms with van der Waals surface area (Å²) in [5, 5.41) is 0. The zero-order valence-electron chi connectivity index (χ0n) is 13.6. The summed E-state index contributed by atoms with van der Waals surface area (Å²) in [5.41, 5.74) is 6.04. The van der Waals surface area contributed by atoms with Crippen LogP contribution in [0.4, 0.5) is 0 Å². The van der Waals surface area contributed by atoms with Crippen LogP contribution in [0.3, 0.4) is 0 Å². The van der Waals surface area contributed by atoms with E-state index in [1.807, 2.05) is 0 Å². The van der Waals surface area contributed by atoms with Crippen molar-refractivity contribution in [3.8, 4) is 0 Å². The van der Waals surface area contributed by atoms with Gasteiger partial charge in [0, 0.05) is 19.6 Å². The molecule has 2 aliphatic rings. The van der Waals surface area contributed by atoms with Gasteiger partial charge < -0.3 is 9.47 Å². The van der Waals surface area contributed by atoms with Crippen molar-refractivity contribution in [2.75, 3.05) is 32.9 Å². The van der Waals surface area contributed by atoms with Gasteiger partial charge in [0.25, 0.3) is 0 Å². The lowest BCUT2D eigenvalue weighted by molar-refractivity contribution is 0.0335. The summed E-state index contributed by atoms with van der Waals surface area (Å²) in [6.07, 6.45) is 1.05. The van der Waals surface area contributed by atoms with Gasteiger partial charge in [-0.3, -0.25) is 4.90 Å². The molecule has 1 fully saturated rings. The standard InChI is InChI=1S/C18H27NO2/c1-18(2,3)16-10-14-4-7-21-13-17(14)15(11-16)12-19-5-8-20-9-6-19/h10-11H,4-9,12-13H2,1-3H3. The summed E-state index contributed by atoms with van der Waals surface area (Å²) in [5.74, 6) is 0. The molecule has 1 aromatic carbocycles. The lowest BCUT2D eigenvalue weighted by atomic mass is 9.82. The molecule has 0 aliphatic carbocycles. The summed E-state index contributed by atoms with van der Waals surface area (Å²) in [6, 6.07) is 4.81. The fourth-order valence-corrected chi connectivity index (χ4v) is 3.14. The second-order valence-electron chi connectivity index (χ2n) is 7.21. The molecule has 0 N–H and O–H groups in total. The van der Waals surface area contributed by atoms with Gasteiger partial charge in [-0.1, -0.05) is 32.9 Å². The van der Waals surface area contributed by atoms with Gasteiger partial charge in [0.15, 0.2) is 0 Å². The molecule has 3 nitrogen and oxygen atoms in total. The average Bonchev–Trinajstić information content (AvgIpc) is 2.47. The fourth-order valence-electron chi connectivity index (χ4n) is 3.14. The van der Waals surface area contributed by atoms with Crippen LogP contribution >= 0.6 is 0 Å². The number of ether oxygens (including phenoxy) is 2. The highest BCUT2D eigenvalue weighted by molar-refractivity contribution is 5.42. The third kappa shape index (κ3) is 3.47. The second-order valence-corrected chi connectivity index (χ2v) is 7.21. The average molecular weight is 289 g/mol. The van der Waals surface area contributed by atoms with Gasteiger partial charge in [0.2, 0.25) is 0 Å². The van der Waals surface area contributed by atoms with Gasteiger partial charge in [0.1, 0.15) is 0 Å². The molecular formula is C18H27NO2. The first-order valence-corrected chi connectivity index (χ1v) is 8.07. The molecule has 116 valence electrons. The van der Waals surface area contributed by atoms with Gasteiger partial charge in [-0.05, 0) is 34.1 Å². The molecule has 0 saturated carbocycles. The van der Waals surface area contributed by atoms with Gasteiger partial charge in [0.05, 0.1) is 26.4 Å². The Balaban J connectivity index is 1.92. The first-order chi connectivity index (χ1) is 10.0. The van der Waals surface area contributed by atoms with Crippen molar-refractivity contribution in [3.63, 3.8) is 0 Å². The number of morpholine rings is 1. The lowest BCUT2D eigenvalue weighted by Crippen LogP contribution is -2.36. The van der Waals surface area contributed by atoms with Crippen LogP contribution < -0.4 is 0 Å². The summed E-state index contributed by atoms with van der Waals surface area (Å²) in [7, 11) is 0. The van der Waals surface area contributed by atoms with Crippen LogP contribution in [-0.4, -0.2) is 37.8 Å². The van der Waals surface area contributed by atoms with Crippen molar-refractivity contribution in [3.05, 3.63) is 34.4 Å². The molecule has 2 heterocycles. The van der Waals surface area contributed by atoms with Crippen LogP contribution in [0.15, 0.2) is 12.1 Å². The van der Waals surface area contributed by atoms with E-state index in [0.717, 1.165) is 52.5 Å². The van der Waals surface area contributed by atoms with Crippen molar-refractivity contribution in [1.29, 1.82) is 0 Å². The van der Waals surface area contributed by atoms with Crippen molar-refractivity contribution in [2.24, 2.45) is 0 Å². The highest BCUT2D eigenvalue weighted by Crippen LogP contribution is 2.30. The number of nitrogens with zero attached hydrogens (tertiary/aromatic N) is 1. The molecule has 0 bridgehead atoms. The summed E-state index contributed by atoms with van der Waals surface area (Å²) in [6.45, 7) is 13.3. The van der Waals surface area contributed by atoms with Gasteiger partial charge in [-0.15, -0.1) is 0 Å². The molecule has 1 saturated heterocycles. The third-order valence-electron chi connectivity index (χ3n) is 4.56. The molecule has 2 aliphatic heterocycles. The highest BCUT2D eigenvalue weighted by Gasteiger charge is 2.22. The molecule has 0 spiro atoms. The van der Waals surface area contributed by atoms with E-state index >= 15 is 0 Å². The SMILES string of the molecule is CC(C)(C)c1cc2c(c(CN3CCOCC3)c1)COCC2. The Hall–Kier alpha value is -0.900. The Morgan fingerprint density at radius 2 is 1.81 bits per heavy atom. The third-order valence-corrected chi connectivity index (χ3v) is 4.56. The van der Waals surface area contributed by atoms with Crippen LogP contribution in [0.1, 0.15) is 43.0 Å². The van der Waals surface area contributed by atoms with Crippen molar-refractivity contribution in [1.82, 2.24) is 4.90 Å². The van der Waals surface area contributed by atoms with E-state index in [1.54, 1.807) is 0 Å². The first kappa shape index (κ1) is 15.0. The maximum atomic E-state index is 5.71. The normalized spacial score (nSPS) is 20.3. The van der Waals surface area contributed by atoms with E-state index in [9.17, 15) is 0 Å². The van der Waals surface area contributed by atoms with Crippen LogP contribution in [0.5, 0.6) is 0 Å². The maximum Gasteiger partial charge on any atom is 0.0722 e. The molecule has 21 heavy (non-hydrogen) atoms. The molecule has 0 atom stereocenters. The molecule has 0 aromatic heterocycles. The molecule has 0 radical (unpaired) electrons. The van der Waals surface area contributed by atoms with E-state index in [0.29, 0.717) is 0 Å². The predicted octanol–water partition coefficient (Wildman–Crippen LogP) is 2.89. The summed E-state index contributed by atoms with van der Waals surface area (Å²) >= 11 is 0. The molecule has 0 unspecified atom stereocenters.